The van der Waals surface area contributed by atoms with Crippen LogP contribution < -0.4 is 4.72 Å². The number of unbranched alkanes of at least 4 members (excludes halogenated alkanes) is 1. The first-order valence-electron chi connectivity index (χ1n) is 7.76. The topological polar surface area (TPSA) is 72.5 Å². The molecule has 1 rings (SSSR count). The molecular weight excluding hydrogens is 359 g/mol. The highest BCUT2D eigenvalue weighted by molar-refractivity contribution is 7.89. The van der Waals surface area contributed by atoms with Gasteiger partial charge in [0.25, 0.3) is 0 Å². The Kier molecular flexibility index (Phi) is 7.43. The van der Waals surface area contributed by atoms with E-state index < -0.39 is 34.1 Å². The van der Waals surface area contributed by atoms with Crippen LogP contribution in [0.1, 0.15) is 31.7 Å². The Morgan fingerprint density at radius 1 is 1.24 bits per heavy atom. The van der Waals surface area contributed by atoms with Gasteiger partial charge >= 0.3 is 12.1 Å². The fourth-order valence-corrected chi connectivity index (χ4v) is 3.59. The number of hydrogen-bond donors (Lipinski definition) is 1. The number of sulfonamides is 1. The second-order valence-corrected chi connectivity index (χ2v) is 7.44. The van der Waals surface area contributed by atoms with E-state index in [1.165, 1.54) is 24.3 Å². The fraction of sp³-hybridized carbons (Fsp3) is 0.562. The Bertz CT molecular complexity index is 672. The highest BCUT2D eigenvalue weighted by Gasteiger charge is 2.49. The highest BCUT2D eigenvalue weighted by atomic mass is 32.2. The molecule has 0 saturated carbocycles. The first-order valence-corrected chi connectivity index (χ1v) is 9.24. The standard InChI is InChI=1S/C16H22F3NO4S/c1-4-5-6-13(15(21)24-3)14(16(17,18)19)20-25(22,23)12-9-7-11(2)8-10-12/h7-10,13-14,20H,4-6H2,1-3H3. The van der Waals surface area contributed by atoms with Gasteiger partial charge in [0.05, 0.1) is 17.9 Å². The monoisotopic (exact) mass is 381 g/mol. The molecular formula is C16H22F3NO4S. The molecule has 0 aliphatic rings. The summed E-state index contributed by atoms with van der Waals surface area (Å²) in [6.45, 7) is 3.48. The molecule has 1 N–H and O–H groups in total. The van der Waals surface area contributed by atoms with E-state index in [4.69, 9.17) is 0 Å². The van der Waals surface area contributed by atoms with Crippen molar-refractivity contribution in [1.82, 2.24) is 4.72 Å². The SMILES string of the molecule is CCCCC(C(=O)OC)C(NS(=O)(=O)c1ccc(C)cc1)C(F)(F)F. The lowest BCUT2D eigenvalue weighted by Gasteiger charge is -2.28. The minimum Gasteiger partial charge on any atom is -0.469 e. The number of benzene rings is 1. The second-order valence-electron chi connectivity index (χ2n) is 5.73. The molecule has 1 aromatic carbocycles. The number of rotatable bonds is 8. The van der Waals surface area contributed by atoms with Crippen LogP contribution in [-0.2, 0) is 19.6 Å². The van der Waals surface area contributed by atoms with Gasteiger partial charge in [0.15, 0.2) is 0 Å². The average molecular weight is 381 g/mol. The molecule has 1 aromatic rings. The maximum absolute atomic E-state index is 13.5. The van der Waals surface area contributed by atoms with Crippen molar-refractivity contribution in [3.05, 3.63) is 29.8 Å². The summed E-state index contributed by atoms with van der Waals surface area (Å²) in [7, 11) is -3.47. The molecule has 0 aliphatic carbocycles. The zero-order valence-corrected chi connectivity index (χ0v) is 15.1. The molecule has 0 amide bonds. The lowest BCUT2D eigenvalue weighted by Crippen LogP contribution is -2.52. The van der Waals surface area contributed by atoms with E-state index in [1.54, 1.807) is 18.6 Å². The van der Waals surface area contributed by atoms with Gasteiger partial charge in [-0.2, -0.15) is 17.9 Å². The first kappa shape index (κ1) is 21.4. The number of methoxy groups -OCH3 is 1. The van der Waals surface area contributed by atoms with Gasteiger partial charge in [0, 0.05) is 0 Å². The Labute approximate surface area is 145 Å². The maximum atomic E-state index is 13.5. The molecule has 0 aliphatic heterocycles. The predicted molar refractivity (Wildman–Crippen MR) is 86.4 cm³/mol. The molecule has 2 atom stereocenters. The molecule has 5 nitrogen and oxygen atoms in total. The molecule has 0 fully saturated rings. The first-order chi connectivity index (χ1) is 11.5. The van der Waals surface area contributed by atoms with Crippen molar-refractivity contribution in [3.63, 3.8) is 0 Å². The molecule has 2 unspecified atom stereocenters. The largest absolute Gasteiger partial charge is 0.469 e. The summed E-state index contributed by atoms with van der Waals surface area (Å²) >= 11 is 0. The second kappa shape index (κ2) is 8.66. The zero-order chi connectivity index (χ0) is 19.3. The maximum Gasteiger partial charge on any atom is 0.405 e. The van der Waals surface area contributed by atoms with E-state index >= 15 is 0 Å². The molecule has 0 aromatic heterocycles. The van der Waals surface area contributed by atoms with Gasteiger partial charge in [-0.25, -0.2) is 8.42 Å². The molecule has 0 saturated heterocycles. The van der Waals surface area contributed by atoms with Gasteiger partial charge < -0.3 is 4.74 Å². The van der Waals surface area contributed by atoms with Crippen LogP contribution in [-0.4, -0.2) is 33.7 Å². The average Bonchev–Trinajstić information content (AvgIpc) is 2.53. The quantitative estimate of drug-likeness (QED) is 0.702. The van der Waals surface area contributed by atoms with Crippen molar-refractivity contribution < 1.29 is 31.1 Å². The summed E-state index contributed by atoms with van der Waals surface area (Å²) in [4.78, 5) is 11.5. The number of carbonyl (C=O) groups excluding carboxylic acids is 1. The van der Waals surface area contributed by atoms with Crippen molar-refractivity contribution in [2.45, 2.75) is 50.2 Å². The van der Waals surface area contributed by atoms with Gasteiger partial charge in [-0.3, -0.25) is 4.79 Å². The van der Waals surface area contributed by atoms with Gasteiger partial charge in [-0.05, 0) is 25.5 Å². The van der Waals surface area contributed by atoms with Crippen LogP contribution >= 0.6 is 0 Å². The van der Waals surface area contributed by atoms with Crippen molar-refractivity contribution in [2.75, 3.05) is 7.11 Å². The molecule has 0 heterocycles. The molecule has 142 valence electrons. The van der Waals surface area contributed by atoms with Crippen LogP contribution in [0.3, 0.4) is 0 Å². The third-order valence-electron chi connectivity index (χ3n) is 3.74. The number of esters is 1. The van der Waals surface area contributed by atoms with Crippen molar-refractivity contribution in [2.24, 2.45) is 5.92 Å². The fourth-order valence-electron chi connectivity index (χ4n) is 2.33. The molecule has 0 radical (unpaired) electrons. The third-order valence-corrected chi connectivity index (χ3v) is 5.20. The smallest absolute Gasteiger partial charge is 0.405 e. The number of aryl methyl sites for hydroxylation is 1. The summed E-state index contributed by atoms with van der Waals surface area (Å²) < 4.78 is 71.1. The van der Waals surface area contributed by atoms with Crippen molar-refractivity contribution in [3.8, 4) is 0 Å². The Morgan fingerprint density at radius 3 is 2.24 bits per heavy atom. The minimum atomic E-state index is -4.94. The molecule has 25 heavy (non-hydrogen) atoms. The van der Waals surface area contributed by atoms with Crippen LogP contribution in [0.2, 0.25) is 0 Å². The van der Waals surface area contributed by atoms with E-state index in [1.807, 2.05) is 0 Å². The van der Waals surface area contributed by atoms with Crippen LogP contribution in [0, 0.1) is 12.8 Å². The van der Waals surface area contributed by atoms with E-state index in [9.17, 15) is 26.4 Å². The molecule has 0 bridgehead atoms. The Morgan fingerprint density at radius 2 is 1.80 bits per heavy atom. The predicted octanol–water partition coefficient (Wildman–Crippen LogP) is 3.18. The minimum absolute atomic E-state index is 0.135. The summed E-state index contributed by atoms with van der Waals surface area (Å²) in [5.41, 5.74) is 0.765. The number of alkyl halides is 3. The van der Waals surface area contributed by atoms with E-state index in [-0.39, 0.29) is 11.3 Å². The Hall–Kier alpha value is -1.61. The van der Waals surface area contributed by atoms with Crippen LogP contribution in [0.25, 0.3) is 0 Å². The summed E-state index contributed by atoms with van der Waals surface area (Å²) in [6, 6.07) is 2.82. The number of ether oxygens (including phenoxy) is 1. The van der Waals surface area contributed by atoms with Crippen molar-refractivity contribution in [1.29, 1.82) is 0 Å². The molecule has 9 heteroatoms. The van der Waals surface area contributed by atoms with Crippen molar-refractivity contribution >= 4 is 16.0 Å². The summed E-state index contributed by atoms with van der Waals surface area (Å²) in [5, 5.41) is 0. The molecule has 0 spiro atoms. The number of nitrogens with one attached hydrogen (secondary N) is 1. The van der Waals surface area contributed by atoms with E-state index in [0.29, 0.717) is 12.8 Å². The lowest BCUT2D eigenvalue weighted by molar-refractivity contribution is -0.178. The summed E-state index contributed by atoms with van der Waals surface area (Å²) in [6.07, 6.45) is -4.18. The number of halogens is 3. The van der Waals surface area contributed by atoms with Gasteiger partial charge in [-0.1, -0.05) is 37.5 Å². The lowest BCUT2D eigenvalue weighted by atomic mass is 9.94. The van der Waals surface area contributed by atoms with Crippen LogP contribution in [0.15, 0.2) is 29.2 Å². The van der Waals surface area contributed by atoms with Gasteiger partial charge in [-0.15, -0.1) is 0 Å². The zero-order valence-electron chi connectivity index (χ0n) is 14.3. The highest BCUT2D eigenvalue weighted by Crippen LogP contribution is 2.31. The normalized spacial score (nSPS) is 14.8. The van der Waals surface area contributed by atoms with E-state index in [2.05, 4.69) is 4.74 Å². The summed E-state index contributed by atoms with van der Waals surface area (Å²) in [5.74, 6) is -2.74. The Balaban J connectivity index is 3.21. The van der Waals surface area contributed by atoms with Gasteiger partial charge in [0.2, 0.25) is 10.0 Å². The van der Waals surface area contributed by atoms with Crippen LogP contribution in [0.4, 0.5) is 13.2 Å². The third kappa shape index (κ3) is 6.00. The van der Waals surface area contributed by atoms with Crippen LogP contribution in [0.5, 0.6) is 0 Å². The number of hydrogen-bond acceptors (Lipinski definition) is 4. The van der Waals surface area contributed by atoms with Gasteiger partial charge in [0.1, 0.15) is 6.04 Å². The number of carbonyl (C=O) groups is 1. The van der Waals surface area contributed by atoms with E-state index in [0.717, 1.165) is 12.7 Å².